The smallest absolute Gasteiger partial charge is 0.422 e. The number of rotatable bonds is 4. The number of hydrogen-bond acceptors (Lipinski definition) is 5. The van der Waals surface area contributed by atoms with Crippen LogP contribution in [0.2, 0.25) is 0 Å². The monoisotopic (exact) mass is 291 g/mol. The first-order chi connectivity index (χ1) is 9.49. The summed E-state index contributed by atoms with van der Waals surface area (Å²) in [5.74, 6) is 0.511. The normalized spacial score (nSPS) is 16.3. The highest BCUT2D eigenvalue weighted by Crippen LogP contribution is 2.24. The van der Waals surface area contributed by atoms with Gasteiger partial charge in [-0.15, -0.1) is 0 Å². The van der Waals surface area contributed by atoms with E-state index in [1.807, 2.05) is 4.90 Å². The third kappa shape index (κ3) is 3.97. The second kappa shape index (κ2) is 6.27. The lowest BCUT2D eigenvalue weighted by Gasteiger charge is -2.29. The third-order valence-corrected chi connectivity index (χ3v) is 2.84. The third-order valence-electron chi connectivity index (χ3n) is 2.84. The van der Waals surface area contributed by atoms with Crippen LogP contribution in [0.1, 0.15) is 5.56 Å². The number of hydrogen-bond donors (Lipinski definition) is 1. The molecule has 0 saturated carbocycles. The van der Waals surface area contributed by atoms with Crippen molar-refractivity contribution in [2.24, 2.45) is 5.73 Å². The van der Waals surface area contributed by atoms with Crippen molar-refractivity contribution in [2.75, 3.05) is 37.8 Å². The van der Waals surface area contributed by atoms with Gasteiger partial charge in [-0.1, -0.05) is 0 Å². The van der Waals surface area contributed by atoms with Crippen molar-refractivity contribution in [3.8, 4) is 5.88 Å². The number of anilines is 1. The molecule has 1 aliphatic rings. The molecular formula is C12H16F3N3O2. The van der Waals surface area contributed by atoms with Crippen molar-refractivity contribution < 1.29 is 22.6 Å². The number of halogens is 3. The minimum atomic E-state index is -4.38. The van der Waals surface area contributed by atoms with Crippen LogP contribution >= 0.6 is 0 Å². The summed E-state index contributed by atoms with van der Waals surface area (Å²) < 4.78 is 46.3. The van der Waals surface area contributed by atoms with Gasteiger partial charge in [-0.3, -0.25) is 0 Å². The zero-order valence-electron chi connectivity index (χ0n) is 10.8. The van der Waals surface area contributed by atoms with Crippen molar-refractivity contribution >= 4 is 5.82 Å². The Labute approximate surface area is 114 Å². The molecule has 1 saturated heterocycles. The summed E-state index contributed by atoms with van der Waals surface area (Å²) in [6, 6.07) is 3.04. The van der Waals surface area contributed by atoms with Gasteiger partial charge in [0, 0.05) is 31.3 Å². The number of morpholine rings is 1. The summed E-state index contributed by atoms with van der Waals surface area (Å²) in [5.41, 5.74) is 6.40. The minimum Gasteiger partial charge on any atom is -0.468 e. The van der Waals surface area contributed by atoms with Crippen LogP contribution in [0.3, 0.4) is 0 Å². The van der Waals surface area contributed by atoms with E-state index in [1.54, 1.807) is 6.07 Å². The standard InChI is InChI=1S/C12H16F3N3O2/c13-12(14,15)8-20-10-2-1-9(7-16)11(17-10)18-3-5-19-6-4-18/h1-2H,3-8,16H2. The Morgan fingerprint density at radius 3 is 2.60 bits per heavy atom. The SMILES string of the molecule is NCc1ccc(OCC(F)(F)F)nc1N1CCOCC1. The average molecular weight is 291 g/mol. The lowest BCUT2D eigenvalue weighted by atomic mass is 10.2. The highest BCUT2D eigenvalue weighted by atomic mass is 19.4. The van der Waals surface area contributed by atoms with Crippen LogP contribution in [0.15, 0.2) is 12.1 Å². The summed E-state index contributed by atoms with van der Waals surface area (Å²) in [6.07, 6.45) is -4.38. The molecule has 1 fully saturated rings. The van der Waals surface area contributed by atoms with Crippen molar-refractivity contribution in [3.05, 3.63) is 17.7 Å². The van der Waals surface area contributed by atoms with Crippen LogP contribution in [0.25, 0.3) is 0 Å². The molecule has 0 unspecified atom stereocenters. The molecule has 0 atom stereocenters. The molecule has 8 heteroatoms. The van der Waals surface area contributed by atoms with Gasteiger partial charge in [0.25, 0.3) is 0 Å². The van der Waals surface area contributed by atoms with Crippen LogP contribution in [-0.4, -0.2) is 44.1 Å². The number of pyridine rings is 1. The van der Waals surface area contributed by atoms with E-state index in [1.165, 1.54) is 6.07 Å². The predicted molar refractivity (Wildman–Crippen MR) is 66.7 cm³/mol. The van der Waals surface area contributed by atoms with E-state index in [2.05, 4.69) is 9.72 Å². The molecule has 2 heterocycles. The molecule has 1 aliphatic heterocycles. The zero-order valence-corrected chi connectivity index (χ0v) is 10.8. The number of nitrogens with zero attached hydrogens (tertiary/aromatic N) is 2. The van der Waals surface area contributed by atoms with Gasteiger partial charge in [0.1, 0.15) is 5.82 Å². The van der Waals surface area contributed by atoms with E-state index >= 15 is 0 Å². The van der Waals surface area contributed by atoms with Gasteiger partial charge in [-0.05, 0) is 6.07 Å². The van der Waals surface area contributed by atoms with Crippen LogP contribution in [-0.2, 0) is 11.3 Å². The van der Waals surface area contributed by atoms with Gasteiger partial charge in [-0.2, -0.15) is 18.2 Å². The van der Waals surface area contributed by atoms with E-state index in [-0.39, 0.29) is 12.4 Å². The Kier molecular flexibility index (Phi) is 4.66. The molecule has 2 rings (SSSR count). The van der Waals surface area contributed by atoms with E-state index in [4.69, 9.17) is 10.5 Å². The van der Waals surface area contributed by atoms with Gasteiger partial charge < -0.3 is 20.1 Å². The molecule has 0 aromatic carbocycles. The maximum absolute atomic E-state index is 12.1. The molecule has 1 aromatic rings. The summed E-state index contributed by atoms with van der Waals surface area (Å²) in [6.45, 7) is 1.27. The molecule has 112 valence electrons. The summed E-state index contributed by atoms with van der Waals surface area (Å²) >= 11 is 0. The molecule has 5 nitrogen and oxygen atoms in total. The average Bonchev–Trinajstić information content (AvgIpc) is 2.45. The molecule has 0 amide bonds. The predicted octanol–water partition coefficient (Wildman–Crippen LogP) is 1.32. The maximum atomic E-state index is 12.1. The number of alkyl halides is 3. The molecule has 0 spiro atoms. The highest BCUT2D eigenvalue weighted by molar-refractivity contribution is 5.49. The Hall–Kier alpha value is -1.54. The van der Waals surface area contributed by atoms with E-state index in [0.29, 0.717) is 32.1 Å². The van der Waals surface area contributed by atoms with E-state index in [9.17, 15) is 13.2 Å². The molecule has 20 heavy (non-hydrogen) atoms. The number of ether oxygens (including phenoxy) is 2. The van der Waals surface area contributed by atoms with Gasteiger partial charge in [0.2, 0.25) is 5.88 Å². The Bertz CT molecular complexity index is 448. The van der Waals surface area contributed by atoms with Gasteiger partial charge in [-0.25, -0.2) is 0 Å². The first kappa shape index (κ1) is 14.9. The summed E-state index contributed by atoms with van der Waals surface area (Å²) in [5, 5.41) is 0. The zero-order chi connectivity index (χ0) is 14.6. The van der Waals surface area contributed by atoms with E-state index in [0.717, 1.165) is 5.56 Å². The first-order valence-corrected chi connectivity index (χ1v) is 6.22. The lowest BCUT2D eigenvalue weighted by molar-refractivity contribution is -0.154. The molecule has 2 N–H and O–H groups in total. The highest BCUT2D eigenvalue weighted by Gasteiger charge is 2.29. The van der Waals surface area contributed by atoms with Crippen molar-refractivity contribution in [1.29, 1.82) is 0 Å². The van der Waals surface area contributed by atoms with Crippen molar-refractivity contribution in [2.45, 2.75) is 12.7 Å². The second-order valence-corrected chi connectivity index (χ2v) is 4.34. The number of aromatic nitrogens is 1. The fourth-order valence-corrected chi connectivity index (χ4v) is 1.90. The Morgan fingerprint density at radius 2 is 2.00 bits per heavy atom. The first-order valence-electron chi connectivity index (χ1n) is 6.22. The van der Waals surface area contributed by atoms with Crippen molar-refractivity contribution in [1.82, 2.24) is 4.98 Å². The maximum Gasteiger partial charge on any atom is 0.422 e. The molecule has 0 radical (unpaired) electrons. The second-order valence-electron chi connectivity index (χ2n) is 4.34. The largest absolute Gasteiger partial charge is 0.468 e. The summed E-state index contributed by atoms with van der Waals surface area (Å²) in [7, 11) is 0. The van der Waals surface area contributed by atoms with E-state index < -0.39 is 12.8 Å². The molecule has 1 aromatic heterocycles. The molecule has 0 bridgehead atoms. The van der Waals surface area contributed by atoms with Gasteiger partial charge in [0.15, 0.2) is 6.61 Å². The van der Waals surface area contributed by atoms with Crippen LogP contribution in [0.5, 0.6) is 5.88 Å². The fraction of sp³-hybridized carbons (Fsp3) is 0.583. The van der Waals surface area contributed by atoms with Crippen LogP contribution in [0.4, 0.5) is 19.0 Å². The quantitative estimate of drug-likeness (QED) is 0.906. The van der Waals surface area contributed by atoms with Crippen LogP contribution < -0.4 is 15.4 Å². The Balaban J connectivity index is 2.15. The minimum absolute atomic E-state index is 0.0546. The van der Waals surface area contributed by atoms with Crippen molar-refractivity contribution in [3.63, 3.8) is 0 Å². The lowest BCUT2D eigenvalue weighted by Crippen LogP contribution is -2.37. The fourth-order valence-electron chi connectivity index (χ4n) is 1.90. The molecular weight excluding hydrogens is 275 g/mol. The molecule has 0 aliphatic carbocycles. The van der Waals surface area contributed by atoms with Gasteiger partial charge in [0.05, 0.1) is 13.2 Å². The topological polar surface area (TPSA) is 60.6 Å². The van der Waals surface area contributed by atoms with Gasteiger partial charge >= 0.3 is 6.18 Å². The van der Waals surface area contributed by atoms with Crippen LogP contribution in [0, 0.1) is 0 Å². The summed E-state index contributed by atoms with van der Waals surface area (Å²) in [4.78, 5) is 6.08. The Morgan fingerprint density at radius 1 is 1.30 bits per heavy atom. The number of nitrogens with two attached hydrogens (primary N) is 1.